The van der Waals surface area contributed by atoms with Crippen LogP contribution in [0.15, 0.2) is 59.7 Å². The molecule has 1 N–H and O–H groups in total. The molecule has 0 fully saturated rings. The first-order valence-electron chi connectivity index (χ1n) is 11.7. The third kappa shape index (κ3) is 6.41. The molecule has 2 amide bonds. The summed E-state index contributed by atoms with van der Waals surface area (Å²) in [6, 6.07) is 14.5. The number of halogens is 3. The van der Waals surface area contributed by atoms with Gasteiger partial charge in [-0.25, -0.2) is 5.01 Å². The van der Waals surface area contributed by atoms with Gasteiger partial charge in [-0.2, -0.15) is 13.9 Å². The third-order valence-corrected chi connectivity index (χ3v) is 6.10. The summed E-state index contributed by atoms with van der Waals surface area (Å²) in [5.41, 5.74) is 2.75. The van der Waals surface area contributed by atoms with Crippen LogP contribution in [-0.2, 0) is 11.3 Å². The lowest BCUT2D eigenvalue weighted by Crippen LogP contribution is -2.36. The number of alkyl halides is 2. The van der Waals surface area contributed by atoms with Gasteiger partial charge in [0, 0.05) is 23.6 Å². The third-order valence-electron chi connectivity index (χ3n) is 5.90. The summed E-state index contributed by atoms with van der Waals surface area (Å²) in [5, 5.41) is 16.3. The molecule has 38 heavy (non-hydrogen) atoms. The highest BCUT2D eigenvalue weighted by Crippen LogP contribution is 2.33. The Kier molecular flexibility index (Phi) is 8.47. The molecule has 198 valence electrons. The van der Waals surface area contributed by atoms with Crippen LogP contribution in [0.5, 0.6) is 11.5 Å². The summed E-state index contributed by atoms with van der Waals surface area (Å²) in [7, 11) is 1.36. The molecule has 0 saturated carbocycles. The Morgan fingerprint density at radius 2 is 1.89 bits per heavy atom. The van der Waals surface area contributed by atoms with E-state index in [1.165, 1.54) is 30.3 Å². The zero-order valence-electron chi connectivity index (χ0n) is 20.5. The van der Waals surface area contributed by atoms with Crippen molar-refractivity contribution < 1.29 is 27.8 Å². The maximum Gasteiger partial charge on any atom is 0.387 e. The van der Waals surface area contributed by atoms with Gasteiger partial charge < -0.3 is 14.8 Å². The molecule has 1 aromatic heterocycles. The van der Waals surface area contributed by atoms with E-state index in [1.54, 1.807) is 36.4 Å². The average molecular weight is 544 g/mol. The molecule has 0 aliphatic carbocycles. The summed E-state index contributed by atoms with van der Waals surface area (Å²) in [6.07, 6.45) is 0.922. The quantitative estimate of drug-likeness (QED) is 0.400. The minimum atomic E-state index is -2.98. The molecule has 2 aromatic carbocycles. The standard InChI is InChI=1S/C26H24ClF2N5O4/c1-3-16-13-23(35)34(33-24(16)17-6-10-20(38-26(28)29)21(12-17)37-2)14-15-4-7-18(8-5-15)30-25(36)19-9-11-22(27)32-31-19/h4-12,16,26H,3,13-14H2,1-2H3,(H,30,36). The van der Waals surface area contributed by atoms with Crippen molar-refractivity contribution in [3.63, 3.8) is 0 Å². The molecule has 1 aliphatic heterocycles. The van der Waals surface area contributed by atoms with Crippen molar-refractivity contribution in [3.8, 4) is 11.5 Å². The highest BCUT2D eigenvalue weighted by Gasteiger charge is 2.30. The first-order chi connectivity index (χ1) is 18.3. The maximum absolute atomic E-state index is 12.8. The number of amides is 2. The Morgan fingerprint density at radius 1 is 1.13 bits per heavy atom. The minimum absolute atomic E-state index is 0.0843. The van der Waals surface area contributed by atoms with Crippen LogP contribution in [0.1, 0.15) is 41.4 Å². The summed E-state index contributed by atoms with van der Waals surface area (Å²) >= 11 is 5.70. The zero-order chi connectivity index (χ0) is 27.2. The number of rotatable bonds is 9. The van der Waals surface area contributed by atoms with Gasteiger partial charge in [-0.15, -0.1) is 10.2 Å². The molecule has 0 bridgehead atoms. The molecule has 0 radical (unpaired) electrons. The van der Waals surface area contributed by atoms with Crippen LogP contribution >= 0.6 is 11.6 Å². The van der Waals surface area contributed by atoms with Gasteiger partial charge >= 0.3 is 6.61 Å². The number of carbonyl (C=O) groups excluding carboxylic acids is 2. The zero-order valence-corrected chi connectivity index (χ0v) is 21.3. The van der Waals surface area contributed by atoms with E-state index in [4.69, 9.17) is 16.3 Å². The van der Waals surface area contributed by atoms with E-state index in [2.05, 4.69) is 25.4 Å². The number of nitrogens with zero attached hydrogens (tertiary/aromatic N) is 4. The molecule has 2 heterocycles. The van der Waals surface area contributed by atoms with E-state index in [1.807, 2.05) is 6.92 Å². The second-order valence-corrected chi connectivity index (χ2v) is 8.77. The van der Waals surface area contributed by atoms with E-state index >= 15 is 0 Å². The highest BCUT2D eigenvalue weighted by atomic mass is 35.5. The van der Waals surface area contributed by atoms with Crippen LogP contribution in [0.2, 0.25) is 5.15 Å². The Balaban J connectivity index is 1.51. The van der Waals surface area contributed by atoms with E-state index in [0.29, 0.717) is 23.4 Å². The number of carbonyl (C=O) groups is 2. The molecule has 12 heteroatoms. The van der Waals surface area contributed by atoms with Crippen molar-refractivity contribution in [1.82, 2.24) is 15.2 Å². The predicted octanol–water partition coefficient (Wildman–Crippen LogP) is 5.16. The van der Waals surface area contributed by atoms with Crippen molar-refractivity contribution in [2.24, 2.45) is 11.0 Å². The van der Waals surface area contributed by atoms with E-state index in [9.17, 15) is 18.4 Å². The van der Waals surface area contributed by atoms with Crippen molar-refractivity contribution in [3.05, 3.63) is 76.6 Å². The number of ether oxygens (including phenoxy) is 2. The summed E-state index contributed by atoms with van der Waals surface area (Å²) in [4.78, 5) is 25.2. The van der Waals surface area contributed by atoms with Crippen molar-refractivity contribution in [2.45, 2.75) is 32.9 Å². The Morgan fingerprint density at radius 3 is 2.53 bits per heavy atom. The molecule has 9 nitrogen and oxygen atoms in total. The lowest BCUT2D eigenvalue weighted by Gasteiger charge is -2.29. The van der Waals surface area contributed by atoms with E-state index in [0.717, 1.165) is 5.56 Å². The Bertz CT molecular complexity index is 1340. The van der Waals surface area contributed by atoms with Crippen LogP contribution in [0.3, 0.4) is 0 Å². The molecular formula is C26H24ClF2N5O4. The first kappa shape index (κ1) is 26.9. The van der Waals surface area contributed by atoms with Crippen molar-refractivity contribution in [2.75, 3.05) is 12.4 Å². The molecule has 4 rings (SSSR count). The van der Waals surface area contributed by atoms with Crippen LogP contribution in [0.4, 0.5) is 14.5 Å². The fourth-order valence-electron chi connectivity index (χ4n) is 3.95. The largest absolute Gasteiger partial charge is 0.493 e. The monoisotopic (exact) mass is 543 g/mol. The number of hydrogen-bond donors (Lipinski definition) is 1. The normalized spacial score (nSPS) is 15.3. The number of aromatic nitrogens is 2. The number of hydrogen-bond acceptors (Lipinski definition) is 7. The molecule has 1 atom stereocenters. The molecule has 1 unspecified atom stereocenters. The lowest BCUT2D eigenvalue weighted by molar-refractivity contribution is -0.133. The summed E-state index contributed by atoms with van der Waals surface area (Å²) in [6.45, 7) is -0.819. The molecular weight excluding hydrogens is 520 g/mol. The van der Waals surface area contributed by atoms with E-state index in [-0.39, 0.29) is 47.1 Å². The van der Waals surface area contributed by atoms with Gasteiger partial charge in [-0.1, -0.05) is 30.7 Å². The van der Waals surface area contributed by atoms with Gasteiger partial charge in [0.05, 0.1) is 19.4 Å². The number of anilines is 1. The van der Waals surface area contributed by atoms with Gasteiger partial charge in [0.1, 0.15) is 0 Å². The Hall–Kier alpha value is -4.12. The minimum Gasteiger partial charge on any atom is -0.493 e. The fourth-order valence-corrected chi connectivity index (χ4v) is 4.05. The predicted molar refractivity (Wildman–Crippen MR) is 137 cm³/mol. The first-order valence-corrected chi connectivity index (χ1v) is 12.1. The number of methoxy groups -OCH3 is 1. The van der Waals surface area contributed by atoms with Gasteiger partial charge in [-0.05, 0) is 54.4 Å². The summed E-state index contributed by atoms with van der Waals surface area (Å²) in [5.74, 6) is -0.652. The molecule has 0 spiro atoms. The lowest BCUT2D eigenvalue weighted by atomic mass is 9.89. The van der Waals surface area contributed by atoms with Crippen LogP contribution in [0.25, 0.3) is 0 Å². The smallest absolute Gasteiger partial charge is 0.387 e. The number of benzene rings is 2. The SMILES string of the molecule is CCC1CC(=O)N(Cc2ccc(NC(=O)c3ccc(Cl)nn3)cc2)N=C1c1ccc(OC(F)F)c(OC)c1. The van der Waals surface area contributed by atoms with E-state index < -0.39 is 12.5 Å². The second kappa shape index (κ2) is 12.0. The van der Waals surface area contributed by atoms with Gasteiger partial charge in [-0.3, -0.25) is 9.59 Å². The van der Waals surface area contributed by atoms with Crippen LogP contribution in [-0.4, -0.2) is 46.5 Å². The van der Waals surface area contributed by atoms with Gasteiger partial charge in [0.25, 0.3) is 5.91 Å². The maximum atomic E-state index is 12.8. The van der Waals surface area contributed by atoms with Gasteiger partial charge in [0.2, 0.25) is 5.91 Å². The second-order valence-electron chi connectivity index (χ2n) is 8.38. The van der Waals surface area contributed by atoms with Crippen molar-refractivity contribution >= 4 is 34.8 Å². The molecule has 3 aromatic rings. The molecule has 1 aliphatic rings. The van der Waals surface area contributed by atoms with Crippen LogP contribution < -0.4 is 14.8 Å². The number of hydrazone groups is 1. The van der Waals surface area contributed by atoms with Gasteiger partial charge in [0.15, 0.2) is 22.3 Å². The average Bonchev–Trinajstić information content (AvgIpc) is 2.91. The Labute approximate surface area is 222 Å². The summed E-state index contributed by atoms with van der Waals surface area (Å²) < 4.78 is 35.2. The number of nitrogens with one attached hydrogen (secondary N) is 1. The molecule has 0 saturated heterocycles. The van der Waals surface area contributed by atoms with Crippen molar-refractivity contribution in [1.29, 1.82) is 0 Å². The highest BCUT2D eigenvalue weighted by molar-refractivity contribution is 6.29. The fraction of sp³-hybridized carbons (Fsp3) is 0.269. The van der Waals surface area contributed by atoms with Crippen LogP contribution in [0, 0.1) is 5.92 Å². The topological polar surface area (TPSA) is 106 Å².